The number of carbonyl (C=O) groups excluding carboxylic acids is 1. The Morgan fingerprint density at radius 2 is 1.96 bits per heavy atom. The molecule has 0 saturated carbocycles. The van der Waals surface area contributed by atoms with Crippen molar-refractivity contribution in [2.45, 2.75) is 23.9 Å². The fraction of sp³-hybridized carbons (Fsp3) is 0.190. The summed E-state index contributed by atoms with van der Waals surface area (Å²) in [6, 6.07) is 18.7. The number of hydrogen-bond donors (Lipinski definition) is 1. The van der Waals surface area contributed by atoms with Crippen molar-refractivity contribution in [3.05, 3.63) is 89.5 Å². The lowest BCUT2D eigenvalue weighted by molar-refractivity contribution is 0.0926. The predicted molar refractivity (Wildman–Crippen MR) is 102 cm³/mol. The Bertz CT molecular complexity index is 923. The van der Waals surface area contributed by atoms with Crippen LogP contribution in [-0.4, -0.2) is 16.2 Å². The Labute approximate surface area is 156 Å². The SMILES string of the molecule is O=C(NC1CCSc2c(F)cccc21)c1cccn1Cc1ccccc1. The molecular formula is C21H19FN2OS. The second-order valence-electron chi connectivity index (χ2n) is 6.33. The van der Waals surface area contributed by atoms with E-state index in [0.717, 1.165) is 23.3 Å². The van der Waals surface area contributed by atoms with E-state index in [1.807, 2.05) is 59.3 Å². The smallest absolute Gasteiger partial charge is 0.268 e. The van der Waals surface area contributed by atoms with Crippen LogP contribution in [0.2, 0.25) is 0 Å². The third-order valence-electron chi connectivity index (χ3n) is 4.59. The van der Waals surface area contributed by atoms with Crippen LogP contribution in [0.15, 0.2) is 71.8 Å². The molecule has 1 aliphatic rings. The third-order valence-corrected chi connectivity index (χ3v) is 5.75. The van der Waals surface area contributed by atoms with Gasteiger partial charge in [-0.25, -0.2) is 4.39 Å². The number of fused-ring (bicyclic) bond motifs is 1. The minimum absolute atomic E-state index is 0.127. The van der Waals surface area contributed by atoms with Gasteiger partial charge in [0.15, 0.2) is 0 Å². The molecular weight excluding hydrogens is 347 g/mol. The van der Waals surface area contributed by atoms with Gasteiger partial charge >= 0.3 is 0 Å². The zero-order valence-corrected chi connectivity index (χ0v) is 15.0. The number of thioether (sulfide) groups is 1. The molecule has 2 heterocycles. The number of carbonyl (C=O) groups is 1. The Morgan fingerprint density at radius 1 is 1.12 bits per heavy atom. The summed E-state index contributed by atoms with van der Waals surface area (Å²) >= 11 is 1.52. The summed E-state index contributed by atoms with van der Waals surface area (Å²) in [5.41, 5.74) is 2.63. The molecule has 1 unspecified atom stereocenters. The van der Waals surface area contributed by atoms with E-state index in [4.69, 9.17) is 0 Å². The standard InChI is InChI=1S/C21H19FN2OS/c22-17-9-4-8-16-18(11-13-26-20(16)17)23-21(25)19-10-5-12-24(19)14-15-6-2-1-3-7-15/h1-10,12,18H,11,13-14H2,(H,23,25). The van der Waals surface area contributed by atoms with Crippen LogP contribution >= 0.6 is 11.8 Å². The summed E-state index contributed by atoms with van der Waals surface area (Å²) in [5.74, 6) is 0.459. The highest BCUT2D eigenvalue weighted by Gasteiger charge is 2.25. The van der Waals surface area contributed by atoms with Crippen LogP contribution in [0.1, 0.15) is 34.1 Å². The van der Waals surface area contributed by atoms with Crippen molar-refractivity contribution in [2.24, 2.45) is 0 Å². The second kappa shape index (κ2) is 7.38. The van der Waals surface area contributed by atoms with Gasteiger partial charge in [0.25, 0.3) is 5.91 Å². The quantitative estimate of drug-likeness (QED) is 0.730. The Balaban J connectivity index is 1.54. The monoisotopic (exact) mass is 366 g/mol. The first-order valence-corrected chi connectivity index (χ1v) is 9.62. The summed E-state index contributed by atoms with van der Waals surface area (Å²) in [4.78, 5) is 13.5. The van der Waals surface area contributed by atoms with Crippen LogP contribution in [0.3, 0.4) is 0 Å². The molecule has 0 saturated heterocycles. The Morgan fingerprint density at radius 3 is 2.81 bits per heavy atom. The van der Waals surface area contributed by atoms with Crippen molar-refractivity contribution in [3.63, 3.8) is 0 Å². The topological polar surface area (TPSA) is 34.0 Å². The Kier molecular flexibility index (Phi) is 4.80. The summed E-state index contributed by atoms with van der Waals surface area (Å²) in [7, 11) is 0. The lowest BCUT2D eigenvalue weighted by Crippen LogP contribution is -2.32. The normalized spacial score (nSPS) is 16.1. The second-order valence-corrected chi connectivity index (χ2v) is 7.43. The molecule has 0 spiro atoms. The van der Waals surface area contributed by atoms with E-state index in [-0.39, 0.29) is 17.8 Å². The number of rotatable bonds is 4. The highest BCUT2D eigenvalue weighted by Crippen LogP contribution is 2.37. The van der Waals surface area contributed by atoms with Crippen molar-refractivity contribution in [3.8, 4) is 0 Å². The minimum atomic E-state index is -0.209. The van der Waals surface area contributed by atoms with Gasteiger partial charge in [0.05, 0.1) is 6.04 Å². The molecule has 3 nitrogen and oxygen atoms in total. The van der Waals surface area contributed by atoms with E-state index in [0.29, 0.717) is 17.1 Å². The third kappa shape index (κ3) is 3.40. The first-order chi connectivity index (χ1) is 12.7. The number of hydrogen-bond acceptors (Lipinski definition) is 2. The van der Waals surface area contributed by atoms with E-state index in [9.17, 15) is 9.18 Å². The number of halogens is 1. The largest absolute Gasteiger partial charge is 0.344 e. The van der Waals surface area contributed by atoms with E-state index in [1.54, 1.807) is 6.07 Å². The minimum Gasteiger partial charge on any atom is -0.344 e. The molecule has 0 aliphatic carbocycles. The van der Waals surface area contributed by atoms with E-state index >= 15 is 0 Å². The first-order valence-electron chi connectivity index (χ1n) is 8.63. The fourth-order valence-electron chi connectivity index (χ4n) is 3.31. The van der Waals surface area contributed by atoms with Crippen molar-refractivity contribution < 1.29 is 9.18 Å². The molecule has 0 fully saturated rings. The molecule has 1 amide bonds. The molecule has 0 bridgehead atoms. The van der Waals surface area contributed by atoms with Crippen LogP contribution in [-0.2, 0) is 6.54 Å². The number of nitrogens with one attached hydrogen (secondary N) is 1. The van der Waals surface area contributed by atoms with Gasteiger partial charge in [-0.15, -0.1) is 11.8 Å². The molecule has 2 aromatic carbocycles. The summed E-state index contributed by atoms with van der Waals surface area (Å²) in [6.45, 7) is 0.641. The van der Waals surface area contributed by atoms with Crippen LogP contribution < -0.4 is 5.32 Å². The zero-order chi connectivity index (χ0) is 17.9. The van der Waals surface area contributed by atoms with Crippen molar-refractivity contribution in [2.75, 3.05) is 5.75 Å². The number of aromatic nitrogens is 1. The first kappa shape index (κ1) is 16.9. The van der Waals surface area contributed by atoms with Gasteiger partial charge in [-0.05, 0) is 35.7 Å². The number of nitrogens with zero attached hydrogens (tertiary/aromatic N) is 1. The maximum Gasteiger partial charge on any atom is 0.268 e. The molecule has 1 atom stereocenters. The van der Waals surface area contributed by atoms with Crippen LogP contribution in [0, 0.1) is 5.82 Å². The average molecular weight is 366 g/mol. The van der Waals surface area contributed by atoms with Crippen LogP contribution in [0.5, 0.6) is 0 Å². The molecule has 1 aromatic heterocycles. The molecule has 4 rings (SSSR count). The number of benzene rings is 2. The molecule has 3 aromatic rings. The van der Waals surface area contributed by atoms with E-state index in [1.165, 1.54) is 17.8 Å². The molecule has 1 aliphatic heterocycles. The zero-order valence-electron chi connectivity index (χ0n) is 14.2. The van der Waals surface area contributed by atoms with Crippen molar-refractivity contribution >= 4 is 17.7 Å². The summed E-state index contributed by atoms with van der Waals surface area (Å²) in [5, 5.41) is 3.09. The fourth-order valence-corrected chi connectivity index (χ4v) is 4.45. The molecule has 0 radical (unpaired) electrons. The maximum atomic E-state index is 14.0. The predicted octanol–water partition coefficient (Wildman–Crippen LogP) is 4.64. The lowest BCUT2D eigenvalue weighted by atomic mass is 10.0. The molecule has 1 N–H and O–H groups in total. The van der Waals surface area contributed by atoms with Crippen LogP contribution in [0.25, 0.3) is 0 Å². The van der Waals surface area contributed by atoms with Gasteiger partial charge < -0.3 is 9.88 Å². The van der Waals surface area contributed by atoms with Gasteiger partial charge in [-0.2, -0.15) is 0 Å². The van der Waals surface area contributed by atoms with E-state index < -0.39 is 0 Å². The van der Waals surface area contributed by atoms with Gasteiger partial charge in [-0.1, -0.05) is 42.5 Å². The summed E-state index contributed by atoms with van der Waals surface area (Å²) in [6.07, 6.45) is 2.71. The Hall–Kier alpha value is -2.53. The van der Waals surface area contributed by atoms with Crippen molar-refractivity contribution in [1.82, 2.24) is 9.88 Å². The van der Waals surface area contributed by atoms with Gasteiger partial charge in [-0.3, -0.25) is 4.79 Å². The lowest BCUT2D eigenvalue weighted by Gasteiger charge is -2.26. The summed E-state index contributed by atoms with van der Waals surface area (Å²) < 4.78 is 16.0. The maximum absolute atomic E-state index is 14.0. The molecule has 132 valence electrons. The van der Waals surface area contributed by atoms with Gasteiger partial charge in [0.2, 0.25) is 0 Å². The van der Waals surface area contributed by atoms with Crippen molar-refractivity contribution in [1.29, 1.82) is 0 Å². The highest BCUT2D eigenvalue weighted by atomic mass is 32.2. The van der Waals surface area contributed by atoms with Gasteiger partial charge in [0.1, 0.15) is 11.5 Å². The van der Waals surface area contributed by atoms with E-state index in [2.05, 4.69) is 5.32 Å². The van der Waals surface area contributed by atoms with Crippen LogP contribution in [0.4, 0.5) is 4.39 Å². The highest BCUT2D eigenvalue weighted by molar-refractivity contribution is 7.99. The van der Waals surface area contributed by atoms with Gasteiger partial charge in [0, 0.05) is 23.4 Å². The molecule has 5 heteroatoms. The molecule has 26 heavy (non-hydrogen) atoms. The number of amides is 1. The average Bonchev–Trinajstić information content (AvgIpc) is 3.12.